The molecule has 0 aliphatic carbocycles. The molecular weight excluding hydrogens is 320 g/mol. The second-order valence-corrected chi connectivity index (χ2v) is 6.68. The van der Waals surface area contributed by atoms with Crippen LogP contribution < -0.4 is 5.32 Å². The largest absolute Gasteiger partial charge is 0.441 e. The molecule has 1 fully saturated rings. The molecule has 25 heavy (non-hydrogen) atoms. The van der Waals surface area contributed by atoms with Gasteiger partial charge in [-0.1, -0.05) is 6.07 Å². The Hall–Kier alpha value is -2.57. The number of urea groups is 1. The number of piperazine rings is 1. The van der Waals surface area contributed by atoms with E-state index in [4.69, 9.17) is 4.42 Å². The molecule has 0 unspecified atom stereocenters. The SMILES string of the molecule is Cc1nc2ccc(CC(=O)N3CCN(C(=O)NC(C)C)CC3)cc2o1. The van der Waals surface area contributed by atoms with Crippen molar-refractivity contribution in [2.75, 3.05) is 26.2 Å². The molecule has 1 saturated heterocycles. The van der Waals surface area contributed by atoms with E-state index in [0.717, 1.165) is 11.1 Å². The average molecular weight is 344 g/mol. The molecule has 2 aromatic rings. The molecule has 1 aromatic carbocycles. The predicted octanol–water partition coefficient (Wildman–Crippen LogP) is 1.94. The van der Waals surface area contributed by atoms with E-state index < -0.39 is 0 Å². The van der Waals surface area contributed by atoms with Gasteiger partial charge in [-0.05, 0) is 31.5 Å². The third-order valence-electron chi connectivity index (χ3n) is 4.25. The first-order valence-electron chi connectivity index (χ1n) is 8.61. The molecule has 1 aliphatic rings. The molecule has 2 heterocycles. The molecule has 1 N–H and O–H groups in total. The lowest BCUT2D eigenvalue weighted by Gasteiger charge is -2.35. The maximum absolute atomic E-state index is 12.5. The van der Waals surface area contributed by atoms with Gasteiger partial charge < -0.3 is 19.5 Å². The van der Waals surface area contributed by atoms with E-state index in [1.807, 2.05) is 36.9 Å². The van der Waals surface area contributed by atoms with Crippen molar-refractivity contribution >= 4 is 23.0 Å². The Labute approximate surface area is 147 Å². The minimum Gasteiger partial charge on any atom is -0.441 e. The number of hydrogen-bond donors (Lipinski definition) is 1. The molecular formula is C18H24N4O3. The van der Waals surface area contributed by atoms with Crippen molar-refractivity contribution in [3.8, 4) is 0 Å². The summed E-state index contributed by atoms with van der Waals surface area (Å²) >= 11 is 0. The summed E-state index contributed by atoms with van der Waals surface area (Å²) in [7, 11) is 0. The number of carbonyl (C=O) groups is 2. The van der Waals surface area contributed by atoms with Crippen molar-refractivity contribution in [3.05, 3.63) is 29.7 Å². The zero-order valence-corrected chi connectivity index (χ0v) is 14.9. The van der Waals surface area contributed by atoms with Crippen molar-refractivity contribution in [1.29, 1.82) is 0 Å². The third-order valence-corrected chi connectivity index (χ3v) is 4.25. The van der Waals surface area contributed by atoms with Crippen LogP contribution in [0.5, 0.6) is 0 Å². The first-order valence-corrected chi connectivity index (χ1v) is 8.61. The summed E-state index contributed by atoms with van der Waals surface area (Å²) in [4.78, 5) is 32.4. The summed E-state index contributed by atoms with van der Waals surface area (Å²) in [5.74, 6) is 0.689. The van der Waals surface area contributed by atoms with Crippen LogP contribution in [-0.4, -0.2) is 58.9 Å². The summed E-state index contributed by atoms with van der Waals surface area (Å²) in [6, 6.07) is 5.71. The van der Waals surface area contributed by atoms with Crippen molar-refractivity contribution in [1.82, 2.24) is 20.1 Å². The second-order valence-electron chi connectivity index (χ2n) is 6.68. The van der Waals surface area contributed by atoms with Crippen LogP contribution in [0.4, 0.5) is 4.79 Å². The number of rotatable bonds is 3. The van der Waals surface area contributed by atoms with E-state index in [1.54, 1.807) is 11.8 Å². The minimum absolute atomic E-state index is 0.0618. The highest BCUT2D eigenvalue weighted by Gasteiger charge is 2.24. The molecule has 0 spiro atoms. The fourth-order valence-electron chi connectivity index (χ4n) is 2.98. The van der Waals surface area contributed by atoms with E-state index in [1.165, 1.54) is 0 Å². The van der Waals surface area contributed by atoms with Crippen molar-refractivity contribution in [2.45, 2.75) is 33.2 Å². The first-order chi connectivity index (χ1) is 11.9. The number of aromatic nitrogens is 1. The molecule has 7 nitrogen and oxygen atoms in total. The van der Waals surface area contributed by atoms with Crippen LogP contribution >= 0.6 is 0 Å². The highest BCUT2D eigenvalue weighted by atomic mass is 16.3. The van der Waals surface area contributed by atoms with Crippen molar-refractivity contribution < 1.29 is 14.0 Å². The Morgan fingerprint density at radius 1 is 1.20 bits per heavy atom. The number of carbonyl (C=O) groups excluding carboxylic acids is 2. The molecule has 3 rings (SSSR count). The topological polar surface area (TPSA) is 78.7 Å². The van der Waals surface area contributed by atoms with Gasteiger partial charge in [-0.15, -0.1) is 0 Å². The molecule has 3 amide bonds. The van der Waals surface area contributed by atoms with Gasteiger partial charge in [0.25, 0.3) is 0 Å². The number of amides is 3. The maximum Gasteiger partial charge on any atom is 0.317 e. The first kappa shape index (κ1) is 17.3. The van der Waals surface area contributed by atoms with E-state index in [9.17, 15) is 9.59 Å². The Bertz CT molecular complexity index is 776. The summed E-state index contributed by atoms with van der Waals surface area (Å²) in [6.07, 6.45) is 0.327. The van der Waals surface area contributed by atoms with Crippen LogP contribution in [0, 0.1) is 6.92 Å². The van der Waals surface area contributed by atoms with Crippen LogP contribution in [0.1, 0.15) is 25.3 Å². The summed E-state index contributed by atoms with van der Waals surface area (Å²) in [5, 5.41) is 2.88. The van der Waals surface area contributed by atoms with E-state index >= 15 is 0 Å². The number of oxazole rings is 1. The Morgan fingerprint density at radius 2 is 1.88 bits per heavy atom. The van der Waals surface area contributed by atoms with Gasteiger partial charge in [-0.2, -0.15) is 0 Å². The van der Waals surface area contributed by atoms with Crippen LogP contribution in [0.15, 0.2) is 22.6 Å². The van der Waals surface area contributed by atoms with Crippen LogP contribution in [0.3, 0.4) is 0 Å². The summed E-state index contributed by atoms with van der Waals surface area (Å²) in [6.45, 7) is 7.92. The van der Waals surface area contributed by atoms with Gasteiger partial charge in [0, 0.05) is 39.1 Å². The smallest absolute Gasteiger partial charge is 0.317 e. The Morgan fingerprint density at radius 3 is 2.56 bits per heavy atom. The Kier molecular flexibility index (Phi) is 4.92. The van der Waals surface area contributed by atoms with Crippen molar-refractivity contribution in [2.24, 2.45) is 0 Å². The lowest BCUT2D eigenvalue weighted by molar-refractivity contribution is -0.131. The van der Waals surface area contributed by atoms with Crippen molar-refractivity contribution in [3.63, 3.8) is 0 Å². The maximum atomic E-state index is 12.5. The second kappa shape index (κ2) is 7.13. The molecule has 1 aromatic heterocycles. The quantitative estimate of drug-likeness (QED) is 0.923. The highest BCUT2D eigenvalue weighted by Crippen LogP contribution is 2.18. The lowest BCUT2D eigenvalue weighted by Crippen LogP contribution is -2.54. The summed E-state index contributed by atoms with van der Waals surface area (Å²) in [5.41, 5.74) is 2.42. The fourth-order valence-corrected chi connectivity index (χ4v) is 2.98. The molecule has 0 saturated carbocycles. The van der Waals surface area contributed by atoms with Crippen LogP contribution in [-0.2, 0) is 11.2 Å². The number of benzene rings is 1. The number of nitrogens with one attached hydrogen (secondary N) is 1. The lowest BCUT2D eigenvalue weighted by atomic mass is 10.1. The molecule has 0 bridgehead atoms. The number of aryl methyl sites for hydroxylation is 1. The van der Waals surface area contributed by atoms with Gasteiger partial charge in [0.15, 0.2) is 11.5 Å². The molecule has 0 radical (unpaired) electrons. The molecule has 0 atom stereocenters. The van der Waals surface area contributed by atoms with Gasteiger partial charge in [0.2, 0.25) is 5.91 Å². The molecule has 7 heteroatoms. The minimum atomic E-state index is -0.0618. The van der Waals surface area contributed by atoms with E-state index in [0.29, 0.717) is 44.1 Å². The zero-order chi connectivity index (χ0) is 18.0. The Balaban J connectivity index is 1.56. The predicted molar refractivity (Wildman–Crippen MR) is 94.3 cm³/mol. The third kappa shape index (κ3) is 4.10. The van der Waals surface area contributed by atoms with Gasteiger partial charge in [-0.3, -0.25) is 4.79 Å². The fraction of sp³-hybridized carbons (Fsp3) is 0.500. The monoisotopic (exact) mass is 344 g/mol. The van der Waals surface area contributed by atoms with E-state index in [-0.39, 0.29) is 18.0 Å². The van der Waals surface area contributed by atoms with Crippen LogP contribution in [0.25, 0.3) is 11.1 Å². The molecule has 134 valence electrons. The van der Waals surface area contributed by atoms with Gasteiger partial charge >= 0.3 is 6.03 Å². The zero-order valence-electron chi connectivity index (χ0n) is 14.9. The number of nitrogens with zero attached hydrogens (tertiary/aromatic N) is 3. The standard InChI is InChI=1S/C18H24N4O3/c1-12(2)19-18(24)22-8-6-21(7-9-22)17(23)11-14-4-5-15-16(10-14)25-13(3)20-15/h4-5,10,12H,6-9,11H2,1-3H3,(H,19,24). The van der Waals surface area contributed by atoms with E-state index in [2.05, 4.69) is 10.3 Å². The molecule has 1 aliphatic heterocycles. The highest BCUT2D eigenvalue weighted by molar-refractivity contribution is 5.81. The van der Waals surface area contributed by atoms with Gasteiger partial charge in [0.05, 0.1) is 6.42 Å². The number of fused-ring (bicyclic) bond motifs is 1. The van der Waals surface area contributed by atoms with Crippen LogP contribution in [0.2, 0.25) is 0 Å². The average Bonchev–Trinajstić information content (AvgIpc) is 2.93. The summed E-state index contributed by atoms with van der Waals surface area (Å²) < 4.78 is 5.52. The normalized spacial score (nSPS) is 15.0. The number of hydrogen-bond acceptors (Lipinski definition) is 4. The van der Waals surface area contributed by atoms with Gasteiger partial charge in [0.1, 0.15) is 5.52 Å². The van der Waals surface area contributed by atoms with Gasteiger partial charge in [-0.25, -0.2) is 9.78 Å².